The molecule has 0 radical (unpaired) electrons. The topological polar surface area (TPSA) is 100 Å². The van der Waals surface area contributed by atoms with Gasteiger partial charge >= 0.3 is 0 Å². The number of pyridine rings is 1. The van der Waals surface area contributed by atoms with Gasteiger partial charge in [-0.05, 0) is 48.4 Å². The molecule has 0 bridgehead atoms. The van der Waals surface area contributed by atoms with Crippen molar-refractivity contribution in [1.82, 2.24) is 19.5 Å². The average molecular weight is 553 g/mol. The van der Waals surface area contributed by atoms with Crippen LogP contribution in [0.1, 0.15) is 11.7 Å². The van der Waals surface area contributed by atoms with Gasteiger partial charge in [0.05, 0.1) is 17.7 Å². The number of benzene rings is 2. The summed E-state index contributed by atoms with van der Waals surface area (Å²) in [6, 6.07) is 13.6. The predicted octanol–water partition coefficient (Wildman–Crippen LogP) is 6.08. The number of aryl methyl sites for hydroxylation is 2. The van der Waals surface area contributed by atoms with E-state index in [0.29, 0.717) is 50.7 Å². The monoisotopic (exact) mass is 552 g/mol. The molecule has 3 aromatic heterocycles. The zero-order valence-electron chi connectivity index (χ0n) is 20.9. The van der Waals surface area contributed by atoms with E-state index in [-0.39, 0.29) is 10.8 Å². The summed E-state index contributed by atoms with van der Waals surface area (Å²) in [7, 11) is -2.07. The molecule has 194 valence electrons. The second-order valence-electron chi connectivity index (χ2n) is 8.64. The van der Waals surface area contributed by atoms with Gasteiger partial charge in [0.2, 0.25) is 5.88 Å². The molecular weight excluding hydrogens is 531 g/mol. The number of ether oxygens (including phenoxy) is 1. The van der Waals surface area contributed by atoms with Gasteiger partial charge < -0.3 is 13.7 Å². The highest BCUT2D eigenvalue weighted by atomic mass is 35.5. The summed E-state index contributed by atoms with van der Waals surface area (Å²) in [5.74, 6) is 0.533. The first-order valence-electron chi connectivity index (χ1n) is 11.4. The molecule has 11 heteroatoms. The van der Waals surface area contributed by atoms with Crippen molar-refractivity contribution in [3.63, 3.8) is 0 Å². The van der Waals surface area contributed by atoms with Gasteiger partial charge in [0, 0.05) is 36.7 Å². The fraction of sp³-hybridized carbons (Fsp3) is 0.148. The van der Waals surface area contributed by atoms with Crippen molar-refractivity contribution in [3.05, 3.63) is 83.6 Å². The molecule has 5 rings (SSSR count). The van der Waals surface area contributed by atoms with E-state index in [0.717, 1.165) is 5.56 Å². The zero-order chi connectivity index (χ0) is 27.2. The summed E-state index contributed by atoms with van der Waals surface area (Å²) in [6.07, 6.45) is 4.30. The van der Waals surface area contributed by atoms with Crippen molar-refractivity contribution >= 4 is 21.4 Å². The van der Waals surface area contributed by atoms with E-state index in [1.807, 2.05) is 35.8 Å². The second-order valence-corrected chi connectivity index (χ2v) is 11.0. The molecule has 0 atom stereocenters. The van der Waals surface area contributed by atoms with Gasteiger partial charge in [-0.2, -0.15) is 0 Å². The lowest BCUT2D eigenvalue weighted by molar-refractivity contribution is 0.369. The Morgan fingerprint density at radius 1 is 1.03 bits per heavy atom. The van der Waals surface area contributed by atoms with E-state index >= 15 is 0 Å². The predicted molar refractivity (Wildman–Crippen MR) is 142 cm³/mol. The summed E-state index contributed by atoms with van der Waals surface area (Å²) in [5.41, 5.74) is 3.57. The third kappa shape index (κ3) is 4.80. The van der Waals surface area contributed by atoms with Crippen molar-refractivity contribution < 1.29 is 22.0 Å². The lowest BCUT2D eigenvalue weighted by Crippen LogP contribution is -2.00. The lowest BCUT2D eigenvalue weighted by atomic mass is 9.98. The highest BCUT2D eigenvalue weighted by Crippen LogP contribution is 2.39. The minimum absolute atomic E-state index is 0.135. The Balaban J connectivity index is 1.76. The smallest absolute Gasteiger partial charge is 0.250 e. The number of oxazole rings is 1. The highest BCUT2D eigenvalue weighted by Gasteiger charge is 2.22. The van der Waals surface area contributed by atoms with Crippen molar-refractivity contribution in [2.24, 2.45) is 0 Å². The van der Waals surface area contributed by atoms with Crippen LogP contribution in [0.3, 0.4) is 0 Å². The summed E-state index contributed by atoms with van der Waals surface area (Å²) < 4.78 is 51.6. The molecule has 0 saturated heterocycles. The fourth-order valence-corrected chi connectivity index (χ4v) is 5.09. The van der Waals surface area contributed by atoms with Crippen LogP contribution < -0.4 is 4.74 Å². The van der Waals surface area contributed by atoms with Gasteiger partial charge in [0.1, 0.15) is 16.7 Å². The van der Waals surface area contributed by atoms with Crippen LogP contribution in [0.15, 0.2) is 70.2 Å². The number of hydrogen-bond acceptors (Lipinski definition) is 7. The molecule has 0 aliphatic rings. The number of aromatic nitrogens is 4. The van der Waals surface area contributed by atoms with Crippen LogP contribution in [0.25, 0.3) is 39.4 Å². The van der Waals surface area contributed by atoms with Gasteiger partial charge in [0.25, 0.3) is 0 Å². The maximum atomic E-state index is 14.6. The number of hydrogen-bond donors (Lipinski definition) is 0. The minimum atomic E-state index is -3.41. The van der Waals surface area contributed by atoms with Gasteiger partial charge in [-0.3, -0.25) is 0 Å². The van der Waals surface area contributed by atoms with Gasteiger partial charge in [0.15, 0.2) is 27.3 Å². The largest absolute Gasteiger partial charge is 0.479 e. The van der Waals surface area contributed by atoms with Crippen LogP contribution in [-0.4, -0.2) is 41.3 Å². The fourth-order valence-electron chi connectivity index (χ4n) is 4.21. The molecular formula is C27H22ClFN4O4S. The SMILES string of the molecule is COc1ncc(-c2oc(C)nc2-c2cc(-c3cccc(S(C)(=O)=O)c3)ccc2-n2cc(Cl)nc2C)cc1F. The minimum Gasteiger partial charge on any atom is -0.479 e. The maximum absolute atomic E-state index is 14.6. The van der Waals surface area contributed by atoms with E-state index in [1.165, 1.54) is 25.6 Å². The molecule has 0 saturated carbocycles. The van der Waals surface area contributed by atoms with Crippen molar-refractivity contribution in [1.29, 1.82) is 0 Å². The highest BCUT2D eigenvalue weighted by molar-refractivity contribution is 7.90. The molecule has 0 unspecified atom stereocenters. The van der Waals surface area contributed by atoms with E-state index in [1.54, 1.807) is 31.3 Å². The molecule has 0 aliphatic heterocycles. The number of nitrogens with zero attached hydrogens (tertiary/aromatic N) is 4. The third-order valence-electron chi connectivity index (χ3n) is 5.96. The average Bonchev–Trinajstić information content (AvgIpc) is 3.44. The van der Waals surface area contributed by atoms with Gasteiger partial charge in [-0.25, -0.2) is 27.8 Å². The van der Waals surface area contributed by atoms with Crippen LogP contribution >= 0.6 is 11.6 Å². The number of methoxy groups -OCH3 is 1. The standard InChI is InChI=1S/C27H22ClFN4O4S/c1-15-31-24(28)14-33(15)23-9-8-18(17-6-5-7-20(10-17)38(4,34)35)11-21(23)25-26(37-16(2)32-25)19-12-22(29)27(36-3)30-13-19/h5-14H,1-4H3. The van der Waals surface area contributed by atoms with E-state index in [9.17, 15) is 12.8 Å². The van der Waals surface area contributed by atoms with Crippen LogP contribution in [0.4, 0.5) is 4.39 Å². The first-order chi connectivity index (χ1) is 18.0. The van der Waals surface area contributed by atoms with Gasteiger partial charge in [-0.15, -0.1) is 0 Å². The quantitative estimate of drug-likeness (QED) is 0.252. The molecule has 0 N–H and O–H groups in total. The molecule has 0 fully saturated rings. The van der Waals surface area contributed by atoms with Crippen molar-refractivity contribution in [2.45, 2.75) is 18.7 Å². The van der Waals surface area contributed by atoms with E-state index in [4.69, 9.17) is 20.8 Å². The number of halogens is 2. The van der Waals surface area contributed by atoms with E-state index < -0.39 is 15.7 Å². The third-order valence-corrected chi connectivity index (χ3v) is 7.25. The van der Waals surface area contributed by atoms with Crippen molar-refractivity contribution in [2.75, 3.05) is 13.4 Å². The molecule has 3 heterocycles. The summed E-state index contributed by atoms with van der Waals surface area (Å²) in [4.78, 5) is 13.2. The Kier molecular flexibility index (Phi) is 6.54. The molecule has 8 nitrogen and oxygen atoms in total. The first kappa shape index (κ1) is 25.6. The Morgan fingerprint density at radius 2 is 1.79 bits per heavy atom. The second kappa shape index (κ2) is 9.70. The van der Waals surface area contributed by atoms with Crippen LogP contribution in [-0.2, 0) is 9.84 Å². The molecule has 0 amide bonds. The van der Waals surface area contributed by atoms with Crippen LogP contribution in [0, 0.1) is 19.7 Å². The number of imidazole rings is 1. The molecule has 0 spiro atoms. The van der Waals surface area contributed by atoms with E-state index in [2.05, 4.69) is 15.0 Å². The lowest BCUT2D eigenvalue weighted by Gasteiger charge is -2.14. The maximum Gasteiger partial charge on any atom is 0.250 e. The molecule has 38 heavy (non-hydrogen) atoms. The van der Waals surface area contributed by atoms with Crippen LogP contribution in [0.5, 0.6) is 5.88 Å². The zero-order valence-corrected chi connectivity index (χ0v) is 22.4. The molecule has 0 aliphatic carbocycles. The first-order valence-corrected chi connectivity index (χ1v) is 13.7. The van der Waals surface area contributed by atoms with Crippen LogP contribution in [0.2, 0.25) is 5.15 Å². The summed E-state index contributed by atoms with van der Waals surface area (Å²) in [6.45, 7) is 3.51. The number of sulfone groups is 1. The summed E-state index contributed by atoms with van der Waals surface area (Å²) >= 11 is 6.19. The number of rotatable bonds is 6. The summed E-state index contributed by atoms with van der Waals surface area (Å²) in [5, 5.41) is 0.316. The Hall–Kier alpha value is -4.02. The Morgan fingerprint density at radius 3 is 2.45 bits per heavy atom. The molecule has 2 aromatic carbocycles. The normalized spacial score (nSPS) is 11.6. The Labute approximate surface area is 223 Å². The van der Waals surface area contributed by atoms with Crippen molar-refractivity contribution in [3.8, 4) is 45.3 Å². The van der Waals surface area contributed by atoms with Gasteiger partial charge in [-0.1, -0.05) is 29.8 Å². The molecule has 5 aromatic rings. The Bertz CT molecular complexity index is 1800.